The largest absolute Gasteiger partial charge is 0.352 e. The van der Waals surface area contributed by atoms with Gasteiger partial charge >= 0.3 is 0 Å². The maximum atomic E-state index is 13.7. The van der Waals surface area contributed by atoms with E-state index in [1.807, 2.05) is 11.0 Å². The van der Waals surface area contributed by atoms with E-state index in [-0.39, 0.29) is 11.8 Å². The Kier molecular flexibility index (Phi) is 5.19. The summed E-state index contributed by atoms with van der Waals surface area (Å²) < 4.78 is 0. The van der Waals surface area contributed by atoms with Crippen LogP contribution < -0.4 is 5.32 Å². The number of benzene rings is 1. The van der Waals surface area contributed by atoms with Crippen molar-refractivity contribution < 1.29 is 9.59 Å². The number of hydrogen-bond acceptors (Lipinski definition) is 4. The van der Waals surface area contributed by atoms with E-state index in [0.29, 0.717) is 25.7 Å². The van der Waals surface area contributed by atoms with E-state index in [0.717, 1.165) is 84.9 Å². The molecule has 6 nitrogen and oxygen atoms in total. The van der Waals surface area contributed by atoms with Gasteiger partial charge in [0.15, 0.2) is 0 Å². The Hall–Kier alpha value is -2.47. The standard InChI is InChI=1S/C24H30N4O2/c1-16-6-9-21-19(14-16)23(18-4-2-3-5-20(18)26-21)24(30)28-12-10-27(11-13-28)15-22(29)25-17-7-8-17/h6,9,14,17H,2-5,7-8,10-13,15H2,1H3,(H,25,29). The quantitative estimate of drug-likeness (QED) is 0.847. The average molecular weight is 407 g/mol. The van der Waals surface area contributed by atoms with Crippen LogP contribution >= 0.6 is 0 Å². The Balaban J connectivity index is 1.36. The lowest BCUT2D eigenvalue weighted by atomic mass is 9.89. The smallest absolute Gasteiger partial charge is 0.254 e. The molecule has 1 saturated heterocycles. The molecule has 0 spiro atoms. The fourth-order valence-corrected chi connectivity index (χ4v) is 4.75. The van der Waals surface area contributed by atoms with Crippen LogP contribution in [0.5, 0.6) is 0 Å². The number of rotatable bonds is 4. The second-order valence-corrected chi connectivity index (χ2v) is 9.05. The number of nitrogens with zero attached hydrogens (tertiary/aromatic N) is 3. The lowest BCUT2D eigenvalue weighted by Crippen LogP contribution is -2.51. The monoisotopic (exact) mass is 406 g/mol. The highest BCUT2D eigenvalue weighted by molar-refractivity contribution is 6.08. The van der Waals surface area contributed by atoms with Crippen molar-refractivity contribution in [2.45, 2.75) is 51.5 Å². The SMILES string of the molecule is Cc1ccc2nc3c(c(C(=O)N4CCN(CC(=O)NC5CC5)CC4)c2c1)CCCC3. The first-order chi connectivity index (χ1) is 14.6. The van der Waals surface area contributed by atoms with Crippen LogP contribution in [0.3, 0.4) is 0 Å². The highest BCUT2D eigenvalue weighted by atomic mass is 16.2. The number of pyridine rings is 1. The van der Waals surface area contributed by atoms with E-state index in [4.69, 9.17) is 4.98 Å². The first-order valence-corrected chi connectivity index (χ1v) is 11.3. The van der Waals surface area contributed by atoms with E-state index in [9.17, 15) is 9.59 Å². The Bertz CT molecular complexity index is 990. The van der Waals surface area contributed by atoms with Gasteiger partial charge in [0, 0.05) is 43.3 Å². The fraction of sp³-hybridized carbons (Fsp3) is 0.542. The van der Waals surface area contributed by atoms with Crippen molar-refractivity contribution in [2.75, 3.05) is 32.7 Å². The highest BCUT2D eigenvalue weighted by Gasteiger charge is 2.29. The van der Waals surface area contributed by atoms with Gasteiger partial charge < -0.3 is 10.2 Å². The zero-order valence-electron chi connectivity index (χ0n) is 17.7. The van der Waals surface area contributed by atoms with Crippen molar-refractivity contribution in [3.05, 3.63) is 40.6 Å². The first-order valence-electron chi connectivity index (χ1n) is 11.3. The summed E-state index contributed by atoms with van der Waals surface area (Å²) in [5.74, 6) is 0.246. The summed E-state index contributed by atoms with van der Waals surface area (Å²) >= 11 is 0. The molecule has 1 aliphatic heterocycles. The van der Waals surface area contributed by atoms with Gasteiger partial charge in [-0.05, 0) is 63.1 Å². The Morgan fingerprint density at radius 2 is 1.87 bits per heavy atom. The van der Waals surface area contributed by atoms with Crippen LogP contribution in [0, 0.1) is 6.92 Å². The number of piperazine rings is 1. The molecule has 2 amide bonds. The van der Waals surface area contributed by atoms with E-state index < -0.39 is 0 Å². The van der Waals surface area contributed by atoms with Gasteiger partial charge in [-0.2, -0.15) is 0 Å². The van der Waals surface area contributed by atoms with E-state index in [1.54, 1.807) is 0 Å². The predicted octanol–water partition coefficient (Wildman–Crippen LogP) is 2.46. The molecule has 2 aromatic rings. The van der Waals surface area contributed by atoms with Gasteiger partial charge in [-0.25, -0.2) is 0 Å². The molecule has 2 heterocycles. The topological polar surface area (TPSA) is 65.5 Å². The van der Waals surface area contributed by atoms with E-state index >= 15 is 0 Å². The van der Waals surface area contributed by atoms with Crippen LogP contribution in [0.4, 0.5) is 0 Å². The van der Waals surface area contributed by atoms with E-state index in [1.165, 1.54) is 0 Å². The number of nitrogens with one attached hydrogen (secondary N) is 1. The second-order valence-electron chi connectivity index (χ2n) is 9.05. The summed E-state index contributed by atoms with van der Waals surface area (Å²) in [5, 5.41) is 4.04. The van der Waals surface area contributed by atoms with Gasteiger partial charge in [0.05, 0.1) is 17.6 Å². The molecule has 1 aromatic heterocycles. The molecule has 2 aliphatic carbocycles. The summed E-state index contributed by atoms with van der Waals surface area (Å²) in [6, 6.07) is 6.63. The third-order valence-electron chi connectivity index (χ3n) is 6.60. The Morgan fingerprint density at radius 3 is 2.63 bits per heavy atom. The minimum Gasteiger partial charge on any atom is -0.352 e. The summed E-state index contributed by atoms with van der Waals surface area (Å²) in [4.78, 5) is 34.8. The maximum absolute atomic E-state index is 13.7. The van der Waals surface area contributed by atoms with Gasteiger partial charge in [-0.15, -0.1) is 0 Å². The van der Waals surface area contributed by atoms with Crippen LogP contribution in [-0.2, 0) is 17.6 Å². The lowest BCUT2D eigenvalue weighted by molar-refractivity contribution is -0.122. The molecular formula is C24H30N4O2. The molecule has 1 N–H and O–H groups in total. The summed E-state index contributed by atoms with van der Waals surface area (Å²) in [6.07, 6.45) is 6.38. The molecule has 1 saturated carbocycles. The number of fused-ring (bicyclic) bond motifs is 2. The van der Waals surface area contributed by atoms with Gasteiger partial charge in [-0.3, -0.25) is 19.5 Å². The minimum atomic E-state index is 0.113. The molecular weight excluding hydrogens is 376 g/mol. The van der Waals surface area contributed by atoms with Crippen molar-refractivity contribution >= 4 is 22.7 Å². The third kappa shape index (κ3) is 3.93. The van der Waals surface area contributed by atoms with Crippen LogP contribution in [0.15, 0.2) is 18.2 Å². The molecule has 0 radical (unpaired) electrons. The third-order valence-corrected chi connectivity index (χ3v) is 6.60. The van der Waals surface area contributed by atoms with Gasteiger partial charge in [-0.1, -0.05) is 11.6 Å². The van der Waals surface area contributed by atoms with Crippen LogP contribution in [-0.4, -0.2) is 65.4 Å². The normalized spacial score (nSPS) is 19.6. The number of aryl methyl sites for hydroxylation is 2. The summed E-state index contributed by atoms with van der Waals surface area (Å²) in [5.41, 5.74) is 5.23. The van der Waals surface area contributed by atoms with Crippen molar-refractivity contribution in [3.8, 4) is 0 Å². The van der Waals surface area contributed by atoms with Crippen molar-refractivity contribution in [2.24, 2.45) is 0 Å². The molecule has 1 aromatic carbocycles. The maximum Gasteiger partial charge on any atom is 0.254 e. The Morgan fingerprint density at radius 1 is 1.10 bits per heavy atom. The number of amides is 2. The molecule has 30 heavy (non-hydrogen) atoms. The first kappa shape index (κ1) is 19.5. The number of aromatic nitrogens is 1. The number of carbonyl (C=O) groups is 2. The molecule has 0 bridgehead atoms. The fourth-order valence-electron chi connectivity index (χ4n) is 4.75. The molecule has 6 heteroatoms. The zero-order valence-corrected chi connectivity index (χ0v) is 17.7. The van der Waals surface area contributed by atoms with Crippen molar-refractivity contribution in [1.82, 2.24) is 20.1 Å². The van der Waals surface area contributed by atoms with Crippen molar-refractivity contribution in [3.63, 3.8) is 0 Å². The van der Waals surface area contributed by atoms with E-state index in [2.05, 4.69) is 29.3 Å². The number of carbonyl (C=O) groups excluding carboxylic acids is 2. The molecule has 0 atom stereocenters. The summed E-state index contributed by atoms with van der Waals surface area (Å²) in [7, 11) is 0. The lowest BCUT2D eigenvalue weighted by Gasteiger charge is -2.35. The van der Waals surface area contributed by atoms with Crippen LogP contribution in [0.25, 0.3) is 10.9 Å². The van der Waals surface area contributed by atoms with Gasteiger partial charge in [0.25, 0.3) is 5.91 Å². The number of hydrogen-bond donors (Lipinski definition) is 1. The Labute approximate surface area is 177 Å². The van der Waals surface area contributed by atoms with Gasteiger partial charge in [0.2, 0.25) is 5.91 Å². The molecule has 0 unspecified atom stereocenters. The highest BCUT2D eigenvalue weighted by Crippen LogP contribution is 2.31. The van der Waals surface area contributed by atoms with Crippen LogP contribution in [0.1, 0.15) is 52.9 Å². The summed E-state index contributed by atoms with van der Waals surface area (Å²) in [6.45, 7) is 5.33. The molecule has 3 aliphatic rings. The molecule has 5 rings (SSSR count). The van der Waals surface area contributed by atoms with Gasteiger partial charge in [0.1, 0.15) is 0 Å². The zero-order chi connectivity index (χ0) is 20.7. The predicted molar refractivity (Wildman–Crippen MR) is 117 cm³/mol. The van der Waals surface area contributed by atoms with Crippen LogP contribution in [0.2, 0.25) is 0 Å². The second kappa shape index (κ2) is 7.99. The molecule has 2 fully saturated rings. The average Bonchev–Trinajstić information content (AvgIpc) is 3.56. The molecule has 158 valence electrons. The van der Waals surface area contributed by atoms with Crippen molar-refractivity contribution in [1.29, 1.82) is 0 Å². The minimum absolute atomic E-state index is 0.113.